The first kappa shape index (κ1) is 41.9. The first-order valence-corrected chi connectivity index (χ1v) is 21.4. The molecule has 2 bridgehead atoms. The van der Waals surface area contributed by atoms with E-state index in [1.165, 1.54) is 14.2 Å². The number of aromatic nitrogens is 4. The number of rotatable bonds is 11. The topological polar surface area (TPSA) is 206 Å². The van der Waals surface area contributed by atoms with E-state index in [1.54, 1.807) is 16.0 Å². The largest absolute Gasteiger partial charge is 0.456 e. The second-order valence-corrected chi connectivity index (χ2v) is 17.2. The summed E-state index contributed by atoms with van der Waals surface area (Å²) >= 11 is 0. The smallest absolute Gasteiger partial charge is 0.407 e. The molecule has 2 aromatic carbocycles. The van der Waals surface area contributed by atoms with Gasteiger partial charge in [-0.1, -0.05) is 64.1 Å². The number of furan rings is 2. The number of methoxy groups -OCH3 is 2. The monoisotopic (exact) mass is 860 g/mol. The highest BCUT2D eigenvalue weighted by Crippen LogP contribution is 2.45. The van der Waals surface area contributed by atoms with Crippen LogP contribution in [0.25, 0.3) is 55.6 Å². The number of imidazole rings is 2. The predicted molar refractivity (Wildman–Crippen MR) is 231 cm³/mol. The van der Waals surface area contributed by atoms with Crippen LogP contribution in [0, 0.1) is 11.8 Å². The number of hydrogen-bond acceptors (Lipinski definition) is 11. The second-order valence-electron chi connectivity index (χ2n) is 17.2. The van der Waals surface area contributed by atoms with E-state index in [0.717, 1.165) is 68.4 Å². The number of H-pyrrole nitrogens is 2. The molecule has 9 rings (SSSR count). The van der Waals surface area contributed by atoms with E-state index in [0.29, 0.717) is 37.8 Å². The molecule has 4 N–H and O–H groups in total. The number of benzene rings is 3. The van der Waals surface area contributed by atoms with E-state index < -0.39 is 36.1 Å². The van der Waals surface area contributed by atoms with E-state index in [-0.39, 0.29) is 36.2 Å². The molecule has 3 aliphatic heterocycles. The molecule has 3 aliphatic rings. The molecule has 4 aromatic heterocycles. The lowest BCUT2D eigenvalue weighted by atomic mass is 9.93. The number of fused-ring (bicyclic) bond motifs is 5. The van der Waals surface area contributed by atoms with Crippen LogP contribution in [0.5, 0.6) is 0 Å². The summed E-state index contributed by atoms with van der Waals surface area (Å²) in [4.78, 5) is 72.1. The van der Waals surface area contributed by atoms with Crippen LogP contribution in [0.15, 0.2) is 65.3 Å². The third-order valence-electron chi connectivity index (χ3n) is 12.6. The van der Waals surface area contributed by atoms with Crippen molar-refractivity contribution in [1.29, 1.82) is 0 Å². The predicted octanol–water partition coefficient (Wildman–Crippen LogP) is 6.91. The average Bonchev–Trinajstić information content (AvgIpc) is 4.15. The summed E-state index contributed by atoms with van der Waals surface area (Å²) in [6.45, 7) is 9.15. The Balaban J connectivity index is 0.965. The Morgan fingerprint density at radius 2 is 1.25 bits per heavy atom. The Kier molecular flexibility index (Phi) is 11.1. The van der Waals surface area contributed by atoms with Gasteiger partial charge in [-0.05, 0) is 53.5 Å². The SMILES string of the molecule is COC(=O)NC(C(=O)N1CC2(CC1c1ncc(-c3ccc(-c4ccc(-c5cnc(C6CCCN6C(=O)C(NC(=O)OC)C(C)C)[nH]5)c5c6ccc(o6)c45)cc3)[nH]1)OCCO2)C(C)C. The molecule has 3 fully saturated rings. The first-order valence-electron chi connectivity index (χ1n) is 21.4. The van der Waals surface area contributed by atoms with Crippen molar-refractivity contribution in [1.82, 2.24) is 40.4 Å². The van der Waals surface area contributed by atoms with Gasteiger partial charge >= 0.3 is 12.2 Å². The minimum atomic E-state index is -0.952. The molecule has 4 atom stereocenters. The van der Waals surface area contributed by atoms with E-state index >= 15 is 0 Å². The van der Waals surface area contributed by atoms with Crippen LogP contribution >= 0.6 is 0 Å². The van der Waals surface area contributed by atoms with Gasteiger partial charge in [-0.3, -0.25) is 9.59 Å². The van der Waals surface area contributed by atoms with Crippen molar-refractivity contribution in [3.63, 3.8) is 0 Å². The number of nitrogens with one attached hydrogen (secondary N) is 4. The van der Waals surface area contributed by atoms with Crippen molar-refractivity contribution in [2.75, 3.05) is 40.5 Å². The summed E-state index contributed by atoms with van der Waals surface area (Å²) in [7, 11) is 2.56. The number of hydrogen-bond donors (Lipinski definition) is 4. The molecule has 17 heteroatoms. The molecule has 7 heterocycles. The summed E-state index contributed by atoms with van der Waals surface area (Å²) in [5.74, 6) is -0.450. The van der Waals surface area contributed by atoms with Gasteiger partial charge in [0.25, 0.3) is 0 Å². The zero-order valence-electron chi connectivity index (χ0n) is 36.2. The molecule has 4 unspecified atom stereocenters. The highest BCUT2D eigenvalue weighted by molar-refractivity contribution is 6.19. The van der Waals surface area contributed by atoms with Crippen molar-refractivity contribution < 1.29 is 42.5 Å². The zero-order valence-corrected chi connectivity index (χ0v) is 36.2. The van der Waals surface area contributed by atoms with E-state index in [1.807, 2.05) is 58.2 Å². The zero-order chi connectivity index (χ0) is 44.2. The van der Waals surface area contributed by atoms with E-state index in [2.05, 4.69) is 44.9 Å². The molecule has 0 radical (unpaired) electrons. The molecule has 1 spiro atoms. The summed E-state index contributed by atoms with van der Waals surface area (Å²) in [6, 6.07) is 14.0. The van der Waals surface area contributed by atoms with Crippen molar-refractivity contribution >= 4 is 45.9 Å². The number of carbonyl (C=O) groups excluding carboxylic acids is 4. The average molecular weight is 861 g/mol. The Bertz CT molecular complexity index is 2640. The Morgan fingerprint density at radius 1 is 0.714 bits per heavy atom. The molecule has 3 saturated heterocycles. The molecular weight excluding hydrogens is 809 g/mol. The van der Waals surface area contributed by atoms with Crippen LogP contribution in [0.3, 0.4) is 0 Å². The summed E-state index contributed by atoms with van der Waals surface area (Å²) in [5.41, 5.74) is 6.95. The van der Waals surface area contributed by atoms with Gasteiger partial charge in [0.05, 0.1) is 69.8 Å². The van der Waals surface area contributed by atoms with Crippen LogP contribution in [-0.4, -0.2) is 112 Å². The third-order valence-corrected chi connectivity index (χ3v) is 12.6. The summed E-state index contributed by atoms with van der Waals surface area (Å²) in [5, 5.41) is 7.36. The number of amides is 4. The Labute approximate surface area is 363 Å². The number of nitrogens with zero attached hydrogens (tertiary/aromatic N) is 4. The fraction of sp³-hybridized carbons (Fsp3) is 0.435. The van der Waals surface area contributed by atoms with Crippen LogP contribution in [0.2, 0.25) is 0 Å². The maximum Gasteiger partial charge on any atom is 0.407 e. The van der Waals surface area contributed by atoms with Gasteiger partial charge in [0, 0.05) is 29.3 Å². The van der Waals surface area contributed by atoms with Crippen LogP contribution in [0.1, 0.15) is 70.7 Å². The van der Waals surface area contributed by atoms with Gasteiger partial charge in [-0.2, -0.15) is 0 Å². The maximum absolute atomic E-state index is 14.1. The molecule has 330 valence electrons. The summed E-state index contributed by atoms with van der Waals surface area (Å²) < 4.78 is 28.0. The van der Waals surface area contributed by atoms with Crippen LogP contribution in [-0.2, 0) is 28.5 Å². The molecule has 6 aromatic rings. The fourth-order valence-electron chi connectivity index (χ4n) is 9.40. The van der Waals surface area contributed by atoms with Crippen LogP contribution in [0.4, 0.5) is 9.59 Å². The minimum Gasteiger partial charge on any atom is -0.456 e. The highest BCUT2D eigenvalue weighted by Gasteiger charge is 2.53. The lowest BCUT2D eigenvalue weighted by Crippen LogP contribution is -2.52. The normalized spacial score (nSPS) is 19.5. The first-order chi connectivity index (χ1) is 30.4. The number of ether oxygens (including phenoxy) is 4. The second kappa shape index (κ2) is 16.7. The molecule has 0 aliphatic carbocycles. The molecule has 4 amide bonds. The van der Waals surface area contributed by atoms with Crippen LogP contribution < -0.4 is 10.6 Å². The molecule has 17 nitrogen and oxygen atoms in total. The van der Waals surface area contributed by atoms with Crippen molar-refractivity contribution in [3.8, 4) is 33.6 Å². The van der Waals surface area contributed by atoms with Gasteiger partial charge in [-0.15, -0.1) is 0 Å². The fourth-order valence-corrected chi connectivity index (χ4v) is 9.40. The summed E-state index contributed by atoms with van der Waals surface area (Å²) in [6.07, 6.45) is 4.20. The maximum atomic E-state index is 14.1. The van der Waals surface area contributed by atoms with Gasteiger partial charge in [0.2, 0.25) is 11.8 Å². The van der Waals surface area contributed by atoms with Crippen molar-refractivity contribution in [2.24, 2.45) is 11.8 Å². The minimum absolute atomic E-state index is 0.135. The number of carbonyl (C=O) groups is 4. The van der Waals surface area contributed by atoms with E-state index in [4.69, 9.17) is 33.3 Å². The van der Waals surface area contributed by atoms with Crippen molar-refractivity contribution in [2.45, 2.75) is 76.9 Å². The highest BCUT2D eigenvalue weighted by atomic mass is 16.7. The standard InChI is InChI=1S/C46H52N8O9/c1-24(2)38(51-44(57)59-5)42(55)53-17-7-8-32(53)40-48-22-31(50-40)29-14-13-28(36-34-15-16-35(63-34)37(29)36)26-9-11-27(12-10-26)30-21-47-41(49-30)33-20-46(61-18-19-62-46)23-54(33)43(56)39(25(3)4)52-45(58)60-6/h9-16,21-22,24-25,32-33,38-39H,7-8,17-20,23H2,1-6H3,(H,47,49)(H,48,50)(H,51,57)(H,52,58). The number of aromatic amines is 2. The van der Waals surface area contributed by atoms with Gasteiger partial charge in [0.15, 0.2) is 5.79 Å². The van der Waals surface area contributed by atoms with Gasteiger partial charge in [0.1, 0.15) is 34.9 Å². The number of alkyl carbamates (subject to hydrolysis) is 2. The Hall–Kier alpha value is -6.46. The van der Waals surface area contributed by atoms with Crippen molar-refractivity contribution in [3.05, 3.63) is 72.6 Å². The lowest BCUT2D eigenvalue weighted by molar-refractivity contribution is -0.153. The quantitative estimate of drug-likeness (QED) is 0.105. The van der Waals surface area contributed by atoms with Gasteiger partial charge < -0.3 is 53.8 Å². The van der Waals surface area contributed by atoms with E-state index in [9.17, 15) is 19.2 Å². The van der Waals surface area contributed by atoms with Gasteiger partial charge in [-0.25, -0.2) is 19.6 Å². The molecular formula is C46H52N8O9. The lowest BCUT2D eigenvalue weighted by Gasteiger charge is -2.30. The molecule has 0 saturated carbocycles. The Morgan fingerprint density at radius 3 is 1.87 bits per heavy atom. The third kappa shape index (κ3) is 7.62. The number of likely N-dealkylation sites (tertiary alicyclic amines) is 2. The molecule has 63 heavy (non-hydrogen) atoms.